The van der Waals surface area contributed by atoms with E-state index in [4.69, 9.17) is 4.74 Å². The van der Waals surface area contributed by atoms with E-state index in [0.717, 1.165) is 6.42 Å². The maximum absolute atomic E-state index is 13.0. The largest absolute Gasteiger partial charge is 0.507 e. The lowest BCUT2D eigenvalue weighted by molar-refractivity contribution is -0.132. The standard InChI is InChI=1S/C22H19N3O4S/c1-2-10-29-16-7-3-5-14(12-16)19(26)17-18(15-6-4-8-23-13-15)25(21(28)20(17)27)22-24-9-11-30-22/h3-9,11-13,18,26H,2,10H2,1H3/t18-/m1/s1. The summed E-state index contributed by atoms with van der Waals surface area (Å²) in [5.74, 6) is -1.19. The molecule has 30 heavy (non-hydrogen) atoms. The van der Waals surface area contributed by atoms with E-state index in [1.54, 1.807) is 60.4 Å². The summed E-state index contributed by atoms with van der Waals surface area (Å²) in [6.45, 7) is 2.53. The van der Waals surface area contributed by atoms with Crippen LogP contribution < -0.4 is 9.64 Å². The molecule has 1 saturated heterocycles. The molecule has 0 bridgehead atoms. The van der Waals surface area contributed by atoms with Gasteiger partial charge in [0.05, 0.1) is 18.2 Å². The van der Waals surface area contributed by atoms with Crippen LogP contribution in [0.4, 0.5) is 5.13 Å². The van der Waals surface area contributed by atoms with Crippen LogP contribution in [0.1, 0.15) is 30.5 Å². The van der Waals surface area contributed by atoms with E-state index >= 15 is 0 Å². The predicted molar refractivity (Wildman–Crippen MR) is 113 cm³/mol. The van der Waals surface area contributed by atoms with Crippen molar-refractivity contribution < 1.29 is 19.4 Å². The van der Waals surface area contributed by atoms with Gasteiger partial charge in [0, 0.05) is 29.5 Å². The summed E-state index contributed by atoms with van der Waals surface area (Å²) in [6, 6.07) is 9.49. The predicted octanol–water partition coefficient (Wildman–Crippen LogP) is 3.95. The number of hydrogen-bond donors (Lipinski definition) is 1. The number of aromatic nitrogens is 2. The van der Waals surface area contributed by atoms with Gasteiger partial charge in [-0.15, -0.1) is 11.3 Å². The molecule has 1 amide bonds. The van der Waals surface area contributed by atoms with Gasteiger partial charge in [-0.3, -0.25) is 19.5 Å². The Bertz CT molecular complexity index is 1100. The van der Waals surface area contributed by atoms with Crippen LogP contribution in [0.25, 0.3) is 5.76 Å². The number of thiazole rings is 1. The summed E-state index contributed by atoms with van der Waals surface area (Å²) in [7, 11) is 0. The number of hydrogen-bond acceptors (Lipinski definition) is 7. The first kappa shape index (κ1) is 19.8. The highest BCUT2D eigenvalue weighted by atomic mass is 32.1. The van der Waals surface area contributed by atoms with E-state index < -0.39 is 17.7 Å². The number of rotatable bonds is 6. The van der Waals surface area contributed by atoms with Gasteiger partial charge in [0.2, 0.25) is 0 Å². The van der Waals surface area contributed by atoms with Gasteiger partial charge in [-0.2, -0.15) is 0 Å². The highest BCUT2D eigenvalue weighted by Gasteiger charge is 2.48. The molecule has 0 radical (unpaired) electrons. The van der Waals surface area contributed by atoms with Crippen LogP contribution in [0.5, 0.6) is 5.75 Å². The number of Topliss-reactive ketones (excluding diaryl/α,β-unsaturated/α-hetero) is 1. The first-order chi connectivity index (χ1) is 14.6. The number of ketones is 1. The molecular weight excluding hydrogens is 402 g/mol. The van der Waals surface area contributed by atoms with E-state index in [1.165, 1.54) is 16.2 Å². The van der Waals surface area contributed by atoms with Crippen LogP contribution in [0.15, 0.2) is 65.9 Å². The molecule has 0 aliphatic carbocycles. The summed E-state index contributed by atoms with van der Waals surface area (Å²) >= 11 is 1.24. The van der Waals surface area contributed by atoms with Gasteiger partial charge in [0.25, 0.3) is 5.78 Å². The Kier molecular flexibility index (Phi) is 5.58. The van der Waals surface area contributed by atoms with Crippen molar-refractivity contribution in [2.24, 2.45) is 0 Å². The molecule has 3 aromatic rings. The Morgan fingerprint density at radius 2 is 2.10 bits per heavy atom. The SMILES string of the molecule is CCCOc1cccc(C(O)=C2C(=O)C(=O)N(c3nccs3)[C@@H]2c2cccnc2)c1. The smallest absolute Gasteiger partial charge is 0.301 e. The average molecular weight is 421 g/mol. The Hall–Kier alpha value is -3.52. The van der Waals surface area contributed by atoms with Crippen molar-refractivity contribution in [2.45, 2.75) is 19.4 Å². The fraction of sp³-hybridized carbons (Fsp3) is 0.182. The molecule has 3 heterocycles. The first-order valence-corrected chi connectivity index (χ1v) is 10.3. The second kappa shape index (κ2) is 8.46. The molecule has 8 heteroatoms. The van der Waals surface area contributed by atoms with Gasteiger partial charge in [-0.1, -0.05) is 25.1 Å². The topological polar surface area (TPSA) is 92.6 Å². The van der Waals surface area contributed by atoms with E-state index in [-0.39, 0.29) is 11.3 Å². The van der Waals surface area contributed by atoms with Crippen LogP contribution in [0.3, 0.4) is 0 Å². The number of amides is 1. The molecule has 1 aromatic carbocycles. The van der Waals surface area contributed by atoms with E-state index in [9.17, 15) is 14.7 Å². The Labute approximate surface area is 177 Å². The van der Waals surface area contributed by atoms with Crippen molar-refractivity contribution in [2.75, 3.05) is 11.5 Å². The number of nitrogens with zero attached hydrogens (tertiary/aromatic N) is 3. The van der Waals surface area contributed by atoms with Crippen LogP contribution >= 0.6 is 11.3 Å². The van der Waals surface area contributed by atoms with Gasteiger partial charge in [0.1, 0.15) is 11.5 Å². The van der Waals surface area contributed by atoms with E-state index in [2.05, 4.69) is 9.97 Å². The minimum Gasteiger partial charge on any atom is -0.507 e. The first-order valence-electron chi connectivity index (χ1n) is 9.45. The minimum absolute atomic E-state index is 0.00385. The number of aliphatic hydroxyl groups excluding tert-OH is 1. The molecule has 7 nitrogen and oxygen atoms in total. The molecule has 4 rings (SSSR count). The lowest BCUT2D eigenvalue weighted by Crippen LogP contribution is -2.29. The van der Waals surface area contributed by atoms with Crippen molar-refractivity contribution in [3.8, 4) is 5.75 Å². The highest BCUT2D eigenvalue weighted by molar-refractivity contribution is 7.14. The Morgan fingerprint density at radius 1 is 1.23 bits per heavy atom. The molecule has 2 aromatic heterocycles. The third kappa shape index (κ3) is 3.57. The number of carbonyl (C=O) groups excluding carboxylic acids is 2. The lowest BCUT2D eigenvalue weighted by atomic mass is 9.96. The van der Waals surface area contributed by atoms with E-state index in [1.807, 2.05) is 6.92 Å². The van der Waals surface area contributed by atoms with Gasteiger partial charge in [-0.05, 0) is 30.2 Å². The molecule has 1 N–H and O–H groups in total. The maximum atomic E-state index is 13.0. The zero-order chi connectivity index (χ0) is 21.1. The zero-order valence-electron chi connectivity index (χ0n) is 16.2. The summed E-state index contributed by atoms with van der Waals surface area (Å²) in [4.78, 5) is 35.5. The summed E-state index contributed by atoms with van der Waals surface area (Å²) < 4.78 is 5.63. The van der Waals surface area contributed by atoms with Gasteiger partial charge in [0.15, 0.2) is 5.13 Å². The molecular formula is C22H19N3O4S. The summed E-state index contributed by atoms with van der Waals surface area (Å²) in [5.41, 5.74) is 0.998. The van der Waals surface area contributed by atoms with Crippen LogP contribution in [-0.4, -0.2) is 33.4 Å². The molecule has 1 fully saturated rings. The third-order valence-electron chi connectivity index (χ3n) is 4.65. The number of aliphatic hydroxyl groups is 1. The summed E-state index contributed by atoms with van der Waals surface area (Å²) in [5, 5.41) is 13.2. The third-order valence-corrected chi connectivity index (χ3v) is 5.42. The minimum atomic E-state index is -0.829. The van der Waals surface area contributed by atoms with Gasteiger partial charge < -0.3 is 9.84 Å². The molecule has 1 atom stereocenters. The zero-order valence-corrected chi connectivity index (χ0v) is 17.0. The second-order valence-electron chi connectivity index (χ2n) is 6.65. The fourth-order valence-corrected chi connectivity index (χ4v) is 3.99. The van der Waals surface area contributed by atoms with Crippen molar-refractivity contribution in [1.82, 2.24) is 9.97 Å². The van der Waals surface area contributed by atoms with Crippen LogP contribution in [-0.2, 0) is 9.59 Å². The molecule has 1 aliphatic rings. The number of carbonyl (C=O) groups is 2. The Balaban J connectivity index is 1.86. The van der Waals surface area contributed by atoms with E-state index in [0.29, 0.717) is 28.6 Å². The quantitative estimate of drug-likeness (QED) is 0.368. The molecule has 152 valence electrons. The lowest BCUT2D eigenvalue weighted by Gasteiger charge is -2.22. The number of ether oxygens (including phenoxy) is 1. The molecule has 0 unspecified atom stereocenters. The van der Waals surface area contributed by atoms with Crippen molar-refractivity contribution >= 4 is 33.9 Å². The van der Waals surface area contributed by atoms with Crippen LogP contribution in [0.2, 0.25) is 0 Å². The molecule has 0 saturated carbocycles. The second-order valence-corrected chi connectivity index (χ2v) is 7.52. The Morgan fingerprint density at radius 3 is 2.80 bits per heavy atom. The number of pyridine rings is 1. The monoisotopic (exact) mass is 421 g/mol. The van der Waals surface area contributed by atoms with Crippen LogP contribution in [0, 0.1) is 0 Å². The van der Waals surface area contributed by atoms with Gasteiger partial charge in [-0.25, -0.2) is 4.98 Å². The molecule has 1 aliphatic heterocycles. The fourth-order valence-electron chi connectivity index (χ4n) is 3.33. The van der Waals surface area contributed by atoms with Crippen molar-refractivity contribution in [3.05, 3.63) is 77.1 Å². The normalized spacial score (nSPS) is 18.0. The van der Waals surface area contributed by atoms with Crippen molar-refractivity contribution in [3.63, 3.8) is 0 Å². The number of benzene rings is 1. The highest BCUT2D eigenvalue weighted by Crippen LogP contribution is 2.42. The summed E-state index contributed by atoms with van der Waals surface area (Å²) in [6.07, 6.45) is 5.59. The molecule has 0 spiro atoms. The van der Waals surface area contributed by atoms with Gasteiger partial charge >= 0.3 is 5.91 Å². The average Bonchev–Trinajstić information content (AvgIpc) is 3.39. The van der Waals surface area contributed by atoms with Crippen molar-refractivity contribution in [1.29, 1.82) is 0 Å². The number of anilines is 1. The maximum Gasteiger partial charge on any atom is 0.301 e.